The van der Waals surface area contributed by atoms with Gasteiger partial charge in [0.2, 0.25) is 5.91 Å². The van der Waals surface area contributed by atoms with Crippen LogP contribution in [0, 0.1) is 0 Å². The Labute approximate surface area is 461 Å². The van der Waals surface area contributed by atoms with E-state index in [1.54, 1.807) is 6.08 Å². The van der Waals surface area contributed by atoms with Gasteiger partial charge in [0.05, 0.1) is 25.4 Å². The number of carbonyl (C=O) groups excluding carboxylic acids is 2. The smallest absolute Gasteiger partial charge is 0.306 e. The van der Waals surface area contributed by atoms with E-state index in [0.717, 1.165) is 57.8 Å². The van der Waals surface area contributed by atoms with E-state index in [-0.39, 0.29) is 13.0 Å². The van der Waals surface area contributed by atoms with E-state index in [9.17, 15) is 35.1 Å². The Morgan fingerprint density at radius 2 is 0.867 bits per heavy atom. The average molecular weight is 1070 g/mol. The zero-order valence-corrected chi connectivity index (χ0v) is 49.2. The highest BCUT2D eigenvalue weighted by Crippen LogP contribution is 2.26. The fourth-order valence-electron chi connectivity index (χ4n) is 10.5. The van der Waals surface area contributed by atoms with E-state index >= 15 is 0 Å². The summed E-state index contributed by atoms with van der Waals surface area (Å²) in [6.07, 6.45) is 49.7. The maximum Gasteiger partial charge on any atom is 0.306 e. The molecule has 0 aromatic carbocycles. The number of aliphatic hydroxyl groups is 5. The number of aliphatic hydroxyl groups excluding tert-OH is 5. The lowest BCUT2D eigenvalue weighted by molar-refractivity contribution is -0.305. The Kier molecular flexibility index (Phi) is 50.5. The first-order valence-corrected chi connectivity index (χ1v) is 32.5. The van der Waals surface area contributed by atoms with Crippen LogP contribution in [-0.2, 0) is 23.8 Å². The Morgan fingerprint density at radius 3 is 1.25 bits per heavy atom. The quantitative estimate of drug-likeness (QED) is 0.0195. The number of carbonyl (C=O) groups is 2. The lowest BCUT2D eigenvalue weighted by atomic mass is 9.99. The molecule has 1 rings (SSSR count). The number of amides is 1. The van der Waals surface area contributed by atoms with Gasteiger partial charge in [0, 0.05) is 6.42 Å². The first-order chi connectivity index (χ1) is 36.7. The number of rotatable bonds is 56. The summed E-state index contributed by atoms with van der Waals surface area (Å²) in [4.78, 5) is 26.5. The van der Waals surface area contributed by atoms with Crippen LogP contribution in [0.2, 0.25) is 0 Å². The van der Waals surface area contributed by atoms with Gasteiger partial charge in [-0.15, -0.1) is 0 Å². The average Bonchev–Trinajstić information content (AvgIpc) is 3.41. The van der Waals surface area contributed by atoms with Crippen molar-refractivity contribution < 1.29 is 49.3 Å². The predicted octanol–water partition coefficient (Wildman–Crippen LogP) is 15.5. The number of hydrogen-bond acceptors (Lipinski definition) is 10. The zero-order chi connectivity index (χ0) is 54.7. The van der Waals surface area contributed by atoms with E-state index in [4.69, 9.17) is 14.2 Å². The van der Waals surface area contributed by atoms with Crippen LogP contribution in [0.1, 0.15) is 323 Å². The van der Waals surface area contributed by atoms with Crippen molar-refractivity contribution in [3.05, 3.63) is 12.2 Å². The highest BCUT2D eigenvalue weighted by molar-refractivity contribution is 5.80. The number of ether oxygens (including phenoxy) is 3. The van der Waals surface area contributed by atoms with E-state index < -0.39 is 67.4 Å². The van der Waals surface area contributed by atoms with Crippen LogP contribution in [-0.4, -0.2) is 99.6 Å². The van der Waals surface area contributed by atoms with Crippen molar-refractivity contribution >= 4 is 11.9 Å². The van der Waals surface area contributed by atoms with Crippen LogP contribution in [0.25, 0.3) is 0 Å². The third-order valence-electron chi connectivity index (χ3n) is 15.7. The second kappa shape index (κ2) is 53.1. The molecule has 75 heavy (non-hydrogen) atoms. The molecule has 1 amide bonds. The molecule has 1 heterocycles. The SMILES string of the molecule is CCCCCCCCCCCC/C=C/C(O)C(COC1OC(CO)C(O)C(O)C1OC(=O)CCCCCCCCCCCCCCCCCCCCCCC)NC(=O)C(O)CCCCCCCCCCCCCCC. The van der Waals surface area contributed by atoms with Crippen molar-refractivity contribution in [2.45, 2.75) is 372 Å². The standard InChI is InChI=1S/C64H123NO10/c1-4-7-10-13-16-19-22-25-26-27-28-29-30-31-32-34-37-40-43-46-49-52-59(69)75-62-61(71)60(70)58(53-66)74-64(62)73-54-55(56(67)50-47-44-41-38-35-24-21-18-15-12-9-6-3)65-63(72)57(68)51-48-45-42-39-36-33-23-20-17-14-11-8-5-2/h47,50,55-58,60-62,64,66-68,70-71H,4-46,48-49,51-54H2,1-3H3,(H,65,72)/b50-47+. The molecule has 0 saturated carbocycles. The van der Waals surface area contributed by atoms with Crippen LogP contribution in [0.15, 0.2) is 12.2 Å². The van der Waals surface area contributed by atoms with Crippen LogP contribution >= 0.6 is 0 Å². The topological polar surface area (TPSA) is 175 Å². The van der Waals surface area contributed by atoms with Gasteiger partial charge in [-0.2, -0.15) is 0 Å². The van der Waals surface area contributed by atoms with Crippen LogP contribution in [0.5, 0.6) is 0 Å². The van der Waals surface area contributed by atoms with Gasteiger partial charge < -0.3 is 45.1 Å². The Bertz CT molecular complexity index is 1270. The third kappa shape index (κ3) is 41.1. The first-order valence-electron chi connectivity index (χ1n) is 32.5. The van der Waals surface area contributed by atoms with Gasteiger partial charge in [0.25, 0.3) is 0 Å². The molecule has 0 aromatic rings. The van der Waals surface area contributed by atoms with E-state index in [1.165, 1.54) is 218 Å². The highest BCUT2D eigenvalue weighted by Gasteiger charge is 2.47. The molecule has 11 heteroatoms. The van der Waals surface area contributed by atoms with Crippen molar-refractivity contribution in [2.75, 3.05) is 13.2 Å². The molecule has 444 valence electrons. The molecule has 0 spiro atoms. The van der Waals surface area contributed by atoms with Gasteiger partial charge in [-0.05, 0) is 25.7 Å². The van der Waals surface area contributed by atoms with Crippen molar-refractivity contribution in [3.63, 3.8) is 0 Å². The lowest BCUT2D eigenvalue weighted by Gasteiger charge is -2.41. The molecular weight excluding hydrogens is 943 g/mol. The largest absolute Gasteiger partial charge is 0.454 e. The summed E-state index contributed by atoms with van der Waals surface area (Å²) < 4.78 is 17.6. The molecule has 8 unspecified atom stereocenters. The number of esters is 1. The van der Waals surface area contributed by atoms with Crippen LogP contribution < -0.4 is 5.32 Å². The van der Waals surface area contributed by atoms with E-state index in [2.05, 4.69) is 26.1 Å². The summed E-state index contributed by atoms with van der Waals surface area (Å²) in [5.41, 5.74) is 0. The third-order valence-corrected chi connectivity index (χ3v) is 15.7. The van der Waals surface area contributed by atoms with Gasteiger partial charge in [0.15, 0.2) is 12.4 Å². The molecule has 0 aromatic heterocycles. The van der Waals surface area contributed by atoms with E-state index in [1.807, 2.05) is 6.08 Å². The van der Waals surface area contributed by atoms with Crippen molar-refractivity contribution in [3.8, 4) is 0 Å². The molecule has 0 radical (unpaired) electrons. The molecular formula is C64H123NO10. The molecule has 6 N–H and O–H groups in total. The fourth-order valence-corrected chi connectivity index (χ4v) is 10.5. The minimum Gasteiger partial charge on any atom is -0.454 e. The Morgan fingerprint density at radius 1 is 0.507 bits per heavy atom. The summed E-state index contributed by atoms with van der Waals surface area (Å²) in [6.45, 7) is 5.83. The second-order valence-electron chi connectivity index (χ2n) is 22.9. The van der Waals surface area contributed by atoms with Crippen molar-refractivity contribution in [1.29, 1.82) is 0 Å². The Balaban J connectivity index is 2.61. The normalized spacial score (nSPS) is 19.2. The molecule has 1 aliphatic rings. The molecule has 1 fully saturated rings. The molecule has 11 nitrogen and oxygen atoms in total. The fraction of sp³-hybridized carbons (Fsp3) is 0.938. The predicted molar refractivity (Wildman–Crippen MR) is 311 cm³/mol. The van der Waals surface area contributed by atoms with Gasteiger partial charge in [-0.3, -0.25) is 9.59 Å². The summed E-state index contributed by atoms with van der Waals surface area (Å²) in [7, 11) is 0. The molecule has 1 saturated heterocycles. The summed E-state index contributed by atoms with van der Waals surface area (Å²) >= 11 is 0. The van der Waals surface area contributed by atoms with Gasteiger partial charge in [-0.1, -0.05) is 303 Å². The monoisotopic (exact) mass is 1070 g/mol. The summed E-state index contributed by atoms with van der Waals surface area (Å²) in [6, 6.07) is -1.02. The second-order valence-corrected chi connectivity index (χ2v) is 22.9. The zero-order valence-electron chi connectivity index (χ0n) is 49.2. The van der Waals surface area contributed by atoms with Crippen LogP contribution in [0.4, 0.5) is 0 Å². The first kappa shape index (κ1) is 71.4. The van der Waals surface area contributed by atoms with E-state index in [0.29, 0.717) is 19.3 Å². The Hall–Kier alpha value is -1.60. The number of nitrogens with one attached hydrogen (secondary N) is 1. The minimum atomic E-state index is -1.61. The lowest BCUT2D eigenvalue weighted by Crippen LogP contribution is -2.61. The van der Waals surface area contributed by atoms with Crippen LogP contribution in [0.3, 0.4) is 0 Å². The molecule has 0 aliphatic carbocycles. The molecule has 8 atom stereocenters. The molecule has 1 aliphatic heterocycles. The van der Waals surface area contributed by atoms with Crippen molar-refractivity contribution in [2.24, 2.45) is 0 Å². The summed E-state index contributed by atoms with van der Waals surface area (Å²) in [5.74, 6) is -1.18. The number of unbranched alkanes of at least 4 members (excludes halogenated alkanes) is 42. The number of allylic oxidation sites excluding steroid dienone is 1. The highest BCUT2D eigenvalue weighted by atomic mass is 16.7. The summed E-state index contributed by atoms with van der Waals surface area (Å²) in [5, 5.41) is 57.0. The van der Waals surface area contributed by atoms with Gasteiger partial charge in [-0.25, -0.2) is 0 Å². The number of hydrogen-bond donors (Lipinski definition) is 6. The minimum absolute atomic E-state index is 0.132. The maximum atomic E-state index is 13.4. The van der Waals surface area contributed by atoms with Crippen molar-refractivity contribution in [1.82, 2.24) is 5.32 Å². The van der Waals surface area contributed by atoms with Gasteiger partial charge >= 0.3 is 5.97 Å². The molecule has 0 bridgehead atoms. The van der Waals surface area contributed by atoms with Gasteiger partial charge in [0.1, 0.15) is 24.4 Å². The maximum absolute atomic E-state index is 13.4.